The smallest absolute Gasteiger partial charge is 0.221 e. The van der Waals surface area contributed by atoms with E-state index >= 15 is 0 Å². The summed E-state index contributed by atoms with van der Waals surface area (Å²) < 4.78 is 33.8. The van der Waals surface area contributed by atoms with Crippen LogP contribution in [0.15, 0.2) is 13.5 Å². The van der Waals surface area contributed by atoms with Crippen LogP contribution in [0.5, 0.6) is 0 Å². The molecule has 7 rings (SSSR count). The maximum Gasteiger partial charge on any atom is 0.221 e. The van der Waals surface area contributed by atoms with Crippen molar-refractivity contribution in [2.45, 2.75) is 25.7 Å². The Morgan fingerprint density at radius 1 is 0.321 bits per heavy atom. The van der Waals surface area contributed by atoms with Crippen molar-refractivity contribution in [2.75, 3.05) is 78.5 Å². The van der Waals surface area contributed by atoms with Crippen LogP contribution in [0.1, 0.15) is 25.7 Å². The number of rotatable bonds is 6. The molecule has 0 bridgehead atoms. The summed E-state index contributed by atoms with van der Waals surface area (Å²) in [6, 6.07) is 0. The van der Waals surface area contributed by atoms with E-state index in [2.05, 4.69) is 28.0 Å². The third-order valence-electron chi connectivity index (χ3n) is 6.86. The highest BCUT2D eigenvalue weighted by molar-refractivity contribution is 7.83. The van der Waals surface area contributed by atoms with Crippen molar-refractivity contribution in [3.63, 3.8) is 0 Å². The Hall–Kier alpha value is 0.450. The van der Waals surface area contributed by atoms with E-state index in [4.69, 9.17) is 13.5 Å². The molecule has 7 aliphatic heterocycles. The minimum atomic E-state index is -2.03. The van der Waals surface area contributed by atoms with Gasteiger partial charge in [0.05, 0.1) is 0 Å². The molecule has 0 N–H and O–H groups in total. The van der Waals surface area contributed by atoms with E-state index in [9.17, 15) is 0 Å². The van der Waals surface area contributed by atoms with Crippen LogP contribution >= 0.6 is 22.5 Å². The molecular formula is C16H32N9P3. The molecule has 28 heavy (non-hydrogen) atoms. The molecule has 6 saturated heterocycles. The molecule has 0 unspecified atom stereocenters. The van der Waals surface area contributed by atoms with Gasteiger partial charge in [0.1, 0.15) is 0 Å². The molecule has 7 heterocycles. The SMILES string of the molecule is C1CCN(P2(N3CCCC3)=NP(N3CC3)(N3CC3)=NP(N3CC3)(N3CC3)=N2)C1. The topological polar surface area (TPSA) is 55.6 Å². The van der Waals surface area contributed by atoms with Crippen LogP contribution in [0.3, 0.4) is 0 Å². The predicted octanol–water partition coefficient (Wildman–Crippen LogP) is 3.29. The number of hydrogen-bond acceptors (Lipinski definition) is 9. The second-order valence-electron chi connectivity index (χ2n) is 9.01. The molecule has 0 aliphatic carbocycles. The van der Waals surface area contributed by atoms with Crippen molar-refractivity contribution in [1.82, 2.24) is 28.0 Å². The molecule has 0 saturated carbocycles. The first-order chi connectivity index (χ1) is 13.8. The predicted molar refractivity (Wildman–Crippen MR) is 116 cm³/mol. The third kappa shape index (κ3) is 2.65. The van der Waals surface area contributed by atoms with E-state index in [1.54, 1.807) is 0 Å². The number of hydrogen-bond donors (Lipinski definition) is 0. The lowest BCUT2D eigenvalue weighted by Crippen LogP contribution is -2.29. The summed E-state index contributed by atoms with van der Waals surface area (Å²) in [5, 5.41) is 0. The zero-order valence-electron chi connectivity index (χ0n) is 16.7. The fourth-order valence-corrected chi connectivity index (χ4v) is 20.8. The van der Waals surface area contributed by atoms with E-state index in [1.165, 1.54) is 104 Å². The largest absolute Gasteiger partial charge is 0.240 e. The Balaban J connectivity index is 1.52. The summed E-state index contributed by atoms with van der Waals surface area (Å²) in [7, 11) is -5.89. The molecule has 9 nitrogen and oxygen atoms in total. The molecule has 7 aliphatic rings. The Labute approximate surface area is 168 Å². The first-order valence-corrected chi connectivity index (χ1v) is 16.0. The molecule has 0 amide bonds. The second-order valence-corrected chi connectivity index (χ2v) is 17.8. The van der Waals surface area contributed by atoms with Crippen LogP contribution in [0.2, 0.25) is 0 Å². The van der Waals surface area contributed by atoms with E-state index in [0.717, 1.165) is 0 Å². The maximum absolute atomic E-state index is 5.92. The molecule has 0 aromatic heterocycles. The summed E-state index contributed by atoms with van der Waals surface area (Å²) in [6.45, 7) is 14.3. The van der Waals surface area contributed by atoms with Gasteiger partial charge in [0, 0.05) is 78.5 Å². The van der Waals surface area contributed by atoms with Gasteiger partial charge in [-0.2, -0.15) is 13.5 Å². The van der Waals surface area contributed by atoms with Gasteiger partial charge in [-0.1, -0.05) is 0 Å². The Morgan fingerprint density at radius 3 is 0.750 bits per heavy atom. The lowest BCUT2D eigenvalue weighted by atomic mass is 10.4. The standard InChI is InChI=1S/C16H32N9P3/c1-2-6-20(5-1)26(21-7-3-4-8-21)17-27(22-9-10-22,23-11-12-23)19-28(18-26,24-13-14-24)25-15-16-25/h1-16H2. The molecule has 0 atom stereocenters. The third-order valence-corrected chi connectivity index (χ3v) is 19.6. The van der Waals surface area contributed by atoms with Crippen molar-refractivity contribution >= 4 is 22.5 Å². The second kappa shape index (κ2) is 6.25. The van der Waals surface area contributed by atoms with Gasteiger partial charge in [-0.15, -0.1) is 0 Å². The van der Waals surface area contributed by atoms with E-state index < -0.39 is 22.5 Å². The van der Waals surface area contributed by atoms with Crippen LogP contribution < -0.4 is 0 Å². The maximum atomic E-state index is 5.92. The summed E-state index contributed by atoms with van der Waals surface area (Å²) in [5.74, 6) is 0. The first kappa shape index (κ1) is 18.1. The van der Waals surface area contributed by atoms with Crippen LogP contribution in [-0.2, 0) is 0 Å². The summed E-state index contributed by atoms with van der Waals surface area (Å²) in [4.78, 5) is 0. The van der Waals surface area contributed by atoms with Crippen LogP contribution in [0, 0.1) is 0 Å². The summed E-state index contributed by atoms with van der Waals surface area (Å²) in [5.41, 5.74) is 0. The van der Waals surface area contributed by atoms with Gasteiger partial charge in [0.15, 0.2) is 0 Å². The van der Waals surface area contributed by atoms with Gasteiger partial charge in [0.2, 0.25) is 22.5 Å². The molecule has 0 spiro atoms. The molecule has 0 aromatic rings. The highest BCUT2D eigenvalue weighted by atomic mass is 31.3. The van der Waals surface area contributed by atoms with Gasteiger partial charge in [-0.25, -0.2) is 28.0 Å². The zero-order valence-corrected chi connectivity index (χ0v) is 19.4. The highest BCUT2D eigenvalue weighted by Crippen LogP contribution is 2.86. The van der Waals surface area contributed by atoms with Gasteiger partial charge in [0.25, 0.3) is 0 Å². The lowest BCUT2D eigenvalue weighted by Gasteiger charge is -2.44. The zero-order chi connectivity index (χ0) is 18.4. The number of nitrogens with zero attached hydrogens (tertiary/aromatic N) is 9. The van der Waals surface area contributed by atoms with Gasteiger partial charge >= 0.3 is 0 Å². The quantitative estimate of drug-likeness (QED) is 0.464. The lowest BCUT2D eigenvalue weighted by molar-refractivity contribution is 0.463. The van der Waals surface area contributed by atoms with Crippen LogP contribution in [-0.4, -0.2) is 107 Å². The molecule has 156 valence electrons. The molecular weight excluding hydrogens is 411 g/mol. The van der Waals surface area contributed by atoms with E-state index in [0.29, 0.717) is 0 Å². The van der Waals surface area contributed by atoms with Crippen molar-refractivity contribution in [1.29, 1.82) is 0 Å². The van der Waals surface area contributed by atoms with Gasteiger partial charge < -0.3 is 0 Å². The van der Waals surface area contributed by atoms with Gasteiger partial charge in [-0.3, -0.25) is 0 Å². The summed E-state index contributed by atoms with van der Waals surface area (Å²) >= 11 is 0. The van der Waals surface area contributed by atoms with Crippen molar-refractivity contribution < 1.29 is 0 Å². The first-order valence-electron chi connectivity index (χ1n) is 11.2. The summed E-state index contributed by atoms with van der Waals surface area (Å²) in [6.07, 6.45) is 5.26. The molecule has 0 radical (unpaired) electrons. The highest BCUT2D eigenvalue weighted by Gasteiger charge is 2.58. The Morgan fingerprint density at radius 2 is 0.536 bits per heavy atom. The van der Waals surface area contributed by atoms with Crippen LogP contribution in [0.25, 0.3) is 0 Å². The van der Waals surface area contributed by atoms with Crippen molar-refractivity contribution in [2.24, 2.45) is 13.5 Å². The Kier molecular flexibility index (Phi) is 4.03. The Bertz CT molecular complexity index is 764. The fourth-order valence-electron chi connectivity index (χ4n) is 4.94. The van der Waals surface area contributed by atoms with Gasteiger partial charge in [-0.05, 0) is 25.7 Å². The normalized spacial score (nSPS) is 37.3. The average molecular weight is 443 g/mol. The van der Waals surface area contributed by atoms with Crippen molar-refractivity contribution in [3.8, 4) is 0 Å². The minimum absolute atomic E-state index is 1.19. The molecule has 0 aromatic carbocycles. The van der Waals surface area contributed by atoms with Crippen LogP contribution in [0.4, 0.5) is 0 Å². The molecule has 12 heteroatoms. The average Bonchev–Trinajstić information content (AvgIpc) is 3.54. The minimum Gasteiger partial charge on any atom is -0.240 e. The monoisotopic (exact) mass is 443 g/mol. The van der Waals surface area contributed by atoms with E-state index in [1.807, 2.05) is 0 Å². The molecule has 6 fully saturated rings. The van der Waals surface area contributed by atoms with E-state index in [-0.39, 0.29) is 0 Å². The van der Waals surface area contributed by atoms with Crippen molar-refractivity contribution in [3.05, 3.63) is 0 Å². The fraction of sp³-hybridized carbons (Fsp3) is 1.00.